The minimum absolute atomic E-state index is 0. The Hall–Kier alpha value is -0.130. The van der Waals surface area contributed by atoms with Crippen LogP contribution in [0.3, 0.4) is 0 Å². The molecule has 1 amide bonds. The molecule has 1 unspecified atom stereocenters. The van der Waals surface area contributed by atoms with Gasteiger partial charge in [0.15, 0.2) is 0 Å². The van der Waals surface area contributed by atoms with E-state index in [1.54, 1.807) is 0 Å². The molecule has 0 bridgehead atoms. The Morgan fingerprint density at radius 3 is 2.39 bits per heavy atom. The van der Waals surface area contributed by atoms with E-state index in [0.29, 0.717) is 5.91 Å². The zero-order chi connectivity index (χ0) is 12.3. The Labute approximate surface area is 121 Å². The third kappa shape index (κ3) is 4.21. The van der Waals surface area contributed by atoms with E-state index in [9.17, 15) is 4.79 Å². The number of piperidine rings is 1. The van der Waals surface area contributed by atoms with Crippen LogP contribution in [0.5, 0.6) is 0 Å². The molecule has 0 saturated carbocycles. The van der Waals surface area contributed by atoms with Gasteiger partial charge in [0.2, 0.25) is 5.91 Å². The van der Waals surface area contributed by atoms with Gasteiger partial charge in [-0.15, -0.1) is 17.0 Å². The maximum atomic E-state index is 12.3. The number of nitrogens with zero attached hydrogens (tertiary/aromatic N) is 3. The number of rotatable bonds is 5. The van der Waals surface area contributed by atoms with Gasteiger partial charge in [-0.25, -0.2) is 0 Å². The van der Waals surface area contributed by atoms with Crippen molar-refractivity contribution in [1.29, 1.82) is 0 Å². The predicted octanol–water partition coefficient (Wildman–Crippen LogP) is 1.42. The molecule has 0 N–H and O–H groups in total. The lowest BCUT2D eigenvalue weighted by molar-refractivity contribution is -0.137. The largest absolute Gasteiger partial charge is 0.343 e. The second kappa shape index (κ2) is 7.46. The van der Waals surface area contributed by atoms with Gasteiger partial charge < -0.3 is 4.90 Å². The normalized spacial score (nSPS) is 24.4. The minimum atomic E-state index is 0. The average molecular weight is 320 g/mol. The fraction of sp³-hybridized carbons (Fsp3) is 0.923. The van der Waals surface area contributed by atoms with Crippen molar-refractivity contribution < 1.29 is 4.79 Å². The van der Waals surface area contributed by atoms with E-state index in [1.807, 2.05) is 4.90 Å². The highest BCUT2D eigenvalue weighted by Gasteiger charge is 2.30. The molecule has 0 aromatic carbocycles. The lowest BCUT2D eigenvalue weighted by Gasteiger charge is -2.34. The van der Waals surface area contributed by atoms with Crippen LogP contribution in [-0.2, 0) is 4.79 Å². The standard InChI is InChI=1S/C13H25N3O.BrH/c1-3-16(4-2)13(17)12-6-5-7-15(10-12)11-14-8-9-14;/h12H,3-11H2,1-2H3;1H. The van der Waals surface area contributed by atoms with E-state index in [-0.39, 0.29) is 22.9 Å². The molecule has 5 heteroatoms. The monoisotopic (exact) mass is 319 g/mol. The number of amides is 1. The number of hydrogen-bond acceptors (Lipinski definition) is 3. The summed E-state index contributed by atoms with van der Waals surface area (Å²) in [6.45, 7) is 11.5. The Morgan fingerprint density at radius 2 is 1.83 bits per heavy atom. The second-order valence-electron chi connectivity index (χ2n) is 5.19. The van der Waals surface area contributed by atoms with Crippen LogP contribution in [0.1, 0.15) is 26.7 Å². The molecule has 1 atom stereocenters. The third-order valence-electron chi connectivity index (χ3n) is 3.87. The number of hydrogen-bond donors (Lipinski definition) is 0. The van der Waals surface area contributed by atoms with E-state index >= 15 is 0 Å². The van der Waals surface area contributed by atoms with Gasteiger partial charge in [0.25, 0.3) is 0 Å². The highest BCUT2D eigenvalue weighted by atomic mass is 79.9. The number of carbonyl (C=O) groups is 1. The lowest BCUT2D eigenvalue weighted by atomic mass is 9.97. The molecule has 2 saturated heterocycles. The first kappa shape index (κ1) is 15.9. The number of likely N-dealkylation sites (tertiary alicyclic amines) is 1. The first-order chi connectivity index (χ1) is 8.24. The lowest BCUT2D eigenvalue weighted by Crippen LogP contribution is -2.46. The molecule has 0 spiro atoms. The zero-order valence-corrected chi connectivity index (χ0v) is 13.3. The Bertz CT molecular complexity index is 267. The summed E-state index contributed by atoms with van der Waals surface area (Å²) in [5.41, 5.74) is 0. The SMILES string of the molecule is Br.CCN(CC)C(=O)C1CCCN(CN2CC2)C1. The minimum Gasteiger partial charge on any atom is -0.343 e. The Kier molecular flexibility index (Phi) is 6.60. The van der Waals surface area contributed by atoms with E-state index in [2.05, 4.69) is 23.6 Å². The zero-order valence-electron chi connectivity index (χ0n) is 11.6. The van der Waals surface area contributed by atoms with Crippen molar-refractivity contribution >= 4 is 22.9 Å². The molecule has 2 heterocycles. The van der Waals surface area contributed by atoms with Gasteiger partial charge in [-0.3, -0.25) is 14.6 Å². The fourth-order valence-electron chi connectivity index (χ4n) is 2.67. The predicted molar refractivity (Wildman–Crippen MR) is 79.0 cm³/mol. The topological polar surface area (TPSA) is 26.6 Å². The second-order valence-corrected chi connectivity index (χ2v) is 5.19. The first-order valence-corrected chi connectivity index (χ1v) is 6.98. The van der Waals surface area contributed by atoms with Crippen LogP contribution in [0.15, 0.2) is 0 Å². The maximum absolute atomic E-state index is 12.3. The molecular formula is C13H26BrN3O. The Balaban J connectivity index is 0.00000162. The summed E-state index contributed by atoms with van der Waals surface area (Å²) in [5.74, 6) is 0.606. The van der Waals surface area contributed by atoms with Gasteiger partial charge in [0.05, 0.1) is 12.6 Å². The average Bonchev–Trinajstić information content (AvgIpc) is 3.15. The summed E-state index contributed by atoms with van der Waals surface area (Å²) >= 11 is 0. The van der Waals surface area contributed by atoms with Gasteiger partial charge >= 0.3 is 0 Å². The van der Waals surface area contributed by atoms with E-state index in [0.717, 1.165) is 32.7 Å². The highest BCUT2D eigenvalue weighted by Crippen LogP contribution is 2.20. The van der Waals surface area contributed by atoms with Gasteiger partial charge in [-0.05, 0) is 33.2 Å². The fourth-order valence-corrected chi connectivity index (χ4v) is 2.67. The van der Waals surface area contributed by atoms with Crippen molar-refractivity contribution in [2.75, 3.05) is 45.9 Å². The quantitative estimate of drug-likeness (QED) is 0.717. The van der Waals surface area contributed by atoms with Crippen LogP contribution in [0, 0.1) is 5.92 Å². The third-order valence-corrected chi connectivity index (χ3v) is 3.87. The summed E-state index contributed by atoms with van der Waals surface area (Å²) in [6.07, 6.45) is 2.25. The molecule has 0 aliphatic carbocycles. The molecule has 2 fully saturated rings. The van der Waals surface area contributed by atoms with Crippen LogP contribution in [-0.4, -0.2) is 66.5 Å². The van der Waals surface area contributed by atoms with Gasteiger partial charge in [-0.2, -0.15) is 0 Å². The van der Waals surface area contributed by atoms with Crippen molar-refractivity contribution in [3.63, 3.8) is 0 Å². The number of halogens is 1. The number of carbonyl (C=O) groups excluding carboxylic acids is 1. The maximum Gasteiger partial charge on any atom is 0.226 e. The molecule has 106 valence electrons. The van der Waals surface area contributed by atoms with E-state index in [1.165, 1.54) is 26.1 Å². The molecular weight excluding hydrogens is 294 g/mol. The van der Waals surface area contributed by atoms with Crippen molar-refractivity contribution in [2.45, 2.75) is 26.7 Å². The van der Waals surface area contributed by atoms with Crippen molar-refractivity contribution in [1.82, 2.24) is 14.7 Å². The van der Waals surface area contributed by atoms with E-state index < -0.39 is 0 Å². The molecule has 0 aromatic rings. The van der Waals surface area contributed by atoms with Crippen LogP contribution >= 0.6 is 17.0 Å². The highest BCUT2D eigenvalue weighted by molar-refractivity contribution is 8.93. The summed E-state index contributed by atoms with van der Waals surface area (Å²) in [5, 5.41) is 0. The van der Waals surface area contributed by atoms with Gasteiger partial charge in [0, 0.05) is 32.7 Å². The summed E-state index contributed by atoms with van der Waals surface area (Å²) in [6, 6.07) is 0. The van der Waals surface area contributed by atoms with Crippen molar-refractivity contribution in [3.05, 3.63) is 0 Å². The summed E-state index contributed by atoms with van der Waals surface area (Å²) in [7, 11) is 0. The van der Waals surface area contributed by atoms with Crippen LogP contribution in [0.2, 0.25) is 0 Å². The summed E-state index contributed by atoms with van der Waals surface area (Å²) < 4.78 is 0. The molecule has 0 aromatic heterocycles. The molecule has 2 rings (SSSR count). The smallest absolute Gasteiger partial charge is 0.226 e. The first-order valence-electron chi connectivity index (χ1n) is 6.98. The van der Waals surface area contributed by atoms with Crippen molar-refractivity contribution in [2.24, 2.45) is 5.92 Å². The molecule has 0 radical (unpaired) electrons. The van der Waals surface area contributed by atoms with E-state index in [4.69, 9.17) is 0 Å². The van der Waals surface area contributed by atoms with Crippen molar-refractivity contribution in [3.8, 4) is 0 Å². The Morgan fingerprint density at radius 1 is 1.17 bits per heavy atom. The molecule has 4 nitrogen and oxygen atoms in total. The van der Waals surface area contributed by atoms with Crippen LogP contribution in [0.25, 0.3) is 0 Å². The van der Waals surface area contributed by atoms with Crippen LogP contribution in [0.4, 0.5) is 0 Å². The van der Waals surface area contributed by atoms with Crippen LogP contribution < -0.4 is 0 Å². The molecule has 2 aliphatic heterocycles. The van der Waals surface area contributed by atoms with Gasteiger partial charge in [0.1, 0.15) is 0 Å². The summed E-state index contributed by atoms with van der Waals surface area (Å²) in [4.78, 5) is 19.1. The van der Waals surface area contributed by atoms with Gasteiger partial charge in [-0.1, -0.05) is 0 Å². The molecule has 18 heavy (non-hydrogen) atoms. The molecule has 2 aliphatic rings.